The minimum absolute atomic E-state index is 0.178. The Morgan fingerprint density at radius 3 is 2.31 bits per heavy atom. The average Bonchev–Trinajstić information content (AvgIpc) is 3.05. The Morgan fingerprint density at radius 2 is 1.66 bits per heavy atom. The van der Waals surface area contributed by atoms with E-state index in [4.69, 9.17) is 4.74 Å². The van der Waals surface area contributed by atoms with Crippen LogP contribution in [0.25, 0.3) is 0 Å². The fourth-order valence-electron chi connectivity index (χ4n) is 4.42. The summed E-state index contributed by atoms with van der Waals surface area (Å²) in [6, 6.07) is 11.8. The lowest BCUT2D eigenvalue weighted by atomic mass is 9.81. The van der Waals surface area contributed by atoms with Crippen molar-refractivity contribution in [3.8, 4) is 0 Å². The Balaban J connectivity index is 1.40. The number of aryl methyl sites for hydroxylation is 2. The molecule has 1 heterocycles. The number of nitrogens with one attached hydrogen (secondary N) is 1. The van der Waals surface area contributed by atoms with Crippen molar-refractivity contribution in [1.29, 1.82) is 0 Å². The second kappa shape index (κ2) is 8.94. The molecular weight excluding hydrogens is 408 g/mol. The first-order chi connectivity index (χ1) is 15.3. The lowest BCUT2D eigenvalue weighted by Gasteiger charge is -2.19. The Bertz CT molecular complexity index is 1070. The van der Waals surface area contributed by atoms with Crippen LogP contribution in [0.4, 0.5) is 11.4 Å². The molecule has 7 nitrogen and oxygen atoms in total. The number of anilines is 2. The molecule has 2 atom stereocenters. The van der Waals surface area contributed by atoms with Gasteiger partial charge in [0.2, 0.25) is 11.8 Å². The van der Waals surface area contributed by atoms with Crippen molar-refractivity contribution < 1.29 is 23.9 Å². The van der Waals surface area contributed by atoms with Crippen LogP contribution in [0.3, 0.4) is 0 Å². The molecule has 0 unspecified atom stereocenters. The smallest absolute Gasteiger partial charge is 0.338 e. The summed E-state index contributed by atoms with van der Waals surface area (Å²) >= 11 is 0. The van der Waals surface area contributed by atoms with Crippen LogP contribution in [-0.4, -0.2) is 30.3 Å². The quantitative estimate of drug-likeness (QED) is 0.571. The van der Waals surface area contributed by atoms with E-state index in [0.717, 1.165) is 36.8 Å². The average molecular weight is 434 g/mol. The number of imide groups is 1. The number of fused-ring (bicyclic) bond motifs is 1. The molecule has 1 N–H and O–H groups in total. The van der Waals surface area contributed by atoms with Gasteiger partial charge in [-0.1, -0.05) is 25.0 Å². The number of hydrogen-bond donors (Lipinski definition) is 1. The van der Waals surface area contributed by atoms with Crippen molar-refractivity contribution in [2.24, 2.45) is 11.8 Å². The fraction of sp³-hybridized carbons (Fsp3) is 0.360. The normalized spacial score (nSPS) is 20.1. The molecule has 2 fully saturated rings. The van der Waals surface area contributed by atoms with Gasteiger partial charge in [0.15, 0.2) is 6.61 Å². The van der Waals surface area contributed by atoms with E-state index in [9.17, 15) is 19.2 Å². The van der Waals surface area contributed by atoms with Crippen molar-refractivity contribution in [2.75, 3.05) is 16.8 Å². The summed E-state index contributed by atoms with van der Waals surface area (Å²) in [6.45, 7) is 3.48. The maximum Gasteiger partial charge on any atom is 0.338 e. The molecule has 7 heteroatoms. The molecule has 2 aromatic carbocycles. The number of carbonyl (C=O) groups excluding carboxylic acids is 4. The second-order valence-electron chi connectivity index (χ2n) is 8.48. The predicted octanol–water partition coefficient (Wildman–Crippen LogP) is 3.78. The molecule has 166 valence electrons. The zero-order valence-corrected chi connectivity index (χ0v) is 18.2. The summed E-state index contributed by atoms with van der Waals surface area (Å²) in [5.41, 5.74) is 3.33. The van der Waals surface area contributed by atoms with E-state index in [1.165, 1.54) is 17.0 Å². The minimum Gasteiger partial charge on any atom is -0.452 e. The van der Waals surface area contributed by atoms with Crippen LogP contribution < -0.4 is 10.2 Å². The Labute approximate surface area is 186 Å². The third kappa shape index (κ3) is 4.28. The zero-order valence-electron chi connectivity index (χ0n) is 18.2. The first kappa shape index (κ1) is 21.7. The molecule has 1 aliphatic heterocycles. The lowest BCUT2D eigenvalue weighted by molar-refractivity contribution is -0.122. The van der Waals surface area contributed by atoms with Crippen LogP contribution in [0.5, 0.6) is 0 Å². The van der Waals surface area contributed by atoms with E-state index in [1.54, 1.807) is 18.2 Å². The Kier molecular flexibility index (Phi) is 6.08. The number of esters is 1. The monoisotopic (exact) mass is 434 g/mol. The molecule has 4 rings (SSSR count). The van der Waals surface area contributed by atoms with Gasteiger partial charge in [0.1, 0.15) is 0 Å². The SMILES string of the molecule is Cc1ccc(NC(=O)COC(=O)c2cccc(N3C(=O)[C@H]4CCCC[C@@H]4C3=O)c2)cc1C. The van der Waals surface area contributed by atoms with Gasteiger partial charge in [0.05, 0.1) is 23.1 Å². The summed E-state index contributed by atoms with van der Waals surface area (Å²) in [5, 5.41) is 2.70. The van der Waals surface area contributed by atoms with E-state index in [-0.39, 0.29) is 29.2 Å². The highest BCUT2D eigenvalue weighted by Gasteiger charge is 2.48. The van der Waals surface area contributed by atoms with E-state index < -0.39 is 18.5 Å². The molecule has 32 heavy (non-hydrogen) atoms. The van der Waals surface area contributed by atoms with Crippen LogP contribution in [0, 0.1) is 25.7 Å². The van der Waals surface area contributed by atoms with E-state index in [0.29, 0.717) is 11.4 Å². The largest absolute Gasteiger partial charge is 0.452 e. The fourth-order valence-corrected chi connectivity index (χ4v) is 4.42. The molecule has 0 aromatic heterocycles. The molecule has 1 saturated heterocycles. The number of ether oxygens (including phenoxy) is 1. The molecule has 2 aromatic rings. The summed E-state index contributed by atoms with van der Waals surface area (Å²) in [5.74, 6) is -2.07. The molecular formula is C25H26N2O5. The molecule has 0 spiro atoms. The standard InChI is InChI=1S/C25H26N2O5/c1-15-10-11-18(12-16(15)2)26-22(28)14-32-25(31)17-6-5-7-19(13-17)27-23(29)20-8-3-4-9-21(20)24(27)30/h5-7,10-13,20-21H,3-4,8-9,14H2,1-2H3,(H,26,28)/t20-,21-/m0/s1. The van der Waals surface area contributed by atoms with E-state index in [2.05, 4.69) is 5.32 Å². The predicted molar refractivity (Wildman–Crippen MR) is 119 cm³/mol. The van der Waals surface area contributed by atoms with Gasteiger partial charge in [0.25, 0.3) is 5.91 Å². The van der Waals surface area contributed by atoms with Crippen LogP contribution >= 0.6 is 0 Å². The van der Waals surface area contributed by atoms with Crippen LogP contribution in [-0.2, 0) is 19.1 Å². The third-order valence-electron chi connectivity index (χ3n) is 6.31. The summed E-state index contributed by atoms with van der Waals surface area (Å²) in [4.78, 5) is 51.5. The maximum absolute atomic E-state index is 12.8. The number of hydrogen-bond acceptors (Lipinski definition) is 5. The Morgan fingerprint density at radius 1 is 0.969 bits per heavy atom. The molecule has 2 aliphatic rings. The number of amides is 3. The molecule has 1 saturated carbocycles. The van der Waals surface area contributed by atoms with E-state index >= 15 is 0 Å². The van der Waals surface area contributed by atoms with Crippen LogP contribution in [0.1, 0.15) is 47.2 Å². The number of benzene rings is 2. The zero-order chi connectivity index (χ0) is 22.8. The molecule has 1 aliphatic carbocycles. The number of rotatable bonds is 5. The summed E-state index contributed by atoms with van der Waals surface area (Å²) < 4.78 is 5.14. The van der Waals surface area contributed by atoms with Crippen molar-refractivity contribution in [3.63, 3.8) is 0 Å². The topological polar surface area (TPSA) is 92.8 Å². The van der Waals surface area contributed by atoms with Gasteiger partial charge in [-0.25, -0.2) is 4.79 Å². The van der Waals surface area contributed by atoms with Crippen molar-refractivity contribution >= 4 is 35.1 Å². The minimum atomic E-state index is -0.696. The van der Waals surface area contributed by atoms with Crippen LogP contribution in [0.2, 0.25) is 0 Å². The van der Waals surface area contributed by atoms with Gasteiger partial charge >= 0.3 is 5.97 Å². The van der Waals surface area contributed by atoms with Crippen molar-refractivity contribution in [1.82, 2.24) is 0 Å². The van der Waals surface area contributed by atoms with Gasteiger partial charge in [0, 0.05) is 5.69 Å². The van der Waals surface area contributed by atoms with Gasteiger partial charge in [-0.05, 0) is 68.1 Å². The highest BCUT2D eigenvalue weighted by atomic mass is 16.5. The number of nitrogens with zero attached hydrogens (tertiary/aromatic N) is 1. The van der Waals surface area contributed by atoms with Gasteiger partial charge in [-0.3, -0.25) is 19.3 Å². The highest BCUT2D eigenvalue weighted by molar-refractivity contribution is 6.22. The van der Waals surface area contributed by atoms with Crippen molar-refractivity contribution in [2.45, 2.75) is 39.5 Å². The Hall–Kier alpha value is -3.48. The van der Waals surface area contributed by atoms with E-state index in [1.807, 2.05) is 26.0 Å². The third-order valence-corrected chi connectivity index (χ3v) is 6.31. The van der Waals surface area contributed by atoms with Crippen LogP contribution in [0.15, 0.2) is 42.5 Å². The number of carbonyl (C=O) groups is 4. The van der Waals surface area contributed by atoms with Gasteiger partial charge in [-0.15, -0.1) is 0 Å². The highest BCUT2D eigenvalue weighted by Crippen LogP contribution is 2.40. The summed E-state index contributed by atoms with van der Waals surface area (Å²) in [6.07, 6.45) is 3.35. The molecule has 0 bridgehead atoms. The molecule has 0 radical (unpaired) electrons. The lowest BCUT2D eigenvalue weighted by Crippen LogP contribution is -2.31. The van der Waals surface area contributed by atoms with Crippen molar-refractivity contribution in [3.05, 3.63) is 59.2 Å². The first-order valence-corrected chi connectivity index (χ1v) is 10.9. The van der Waals surface area contributed by atoms with Gasteiger partial charge in [-0.2, -0.15) is 0 Å². The second-order valence-corrected chi connectivity index (χ2v) is 8.48. The maximum atomic E-state index is 12.8. The van der Waals surface area contributed by atoms with Gasteiger partial charge < -0.3 is 10.1 Å². The summed E-state index contributed by atoms with van der Waals surface area (Å²) in [7, 11) is 0. The first-order valence-electron chi connectivity index (χ1n) is 10.9. The molecule has 3 amide bonds.